The van der Waals surface area contributed by atoms with Crippen molar-refractivity contribution in [3.63, 3.8) is 0 Å². The molecule has 7 nitrogen and oxygen atoms in total. The van der Waals surface area contributed by atoms with E-state index in [4.69, 9.17) is 4.74 Å². The van der Waals surface area contributed by atoms with Gasteiger partial charge in [-0.15, -0.1) is 0 Å². The number of anilines is 1. The van der Waals surface area contributed by atoms with E-state index in [9.17, 15) is 14.4 Å². The van der Waals surface area contributed by atoms with Gasteiger partial charge in [-0.2, -0.15) is 0 Å². The molecule has 0 unspecified atom stereocenters. The van der Waals surface area contributed by atoms with Gasteiger partial charge in [0.25, 0.3) is 5.91 Å². The number of carbonyl (C=O) groups is 3. The summed E-state index contributed by atoms with van der Waals surface area (Å²) in [6.07, 6.45) is 1.08. The van der Waals surface area contributed by atoms with Crippen molar-refractivity contribution < 1.29 is 19.1 Å². The summed E-state index contributed by atoms with van der Waals surface area (Å²) in [5.41, 5.74) is 2.31. The molecular formula is C24H29N3O4. The van der Waals surface area contributed by atoms with Crippen LogP contribution in [0.4, 0.5) is 5.69 Å². The van der Waals surface area contributed by atoms with E-state index < -0.39 is 0 Å². The van der Waals surface area contributed by atoms with E-state index in [1.165, 1.54) is 12.5 Å². The highest BCUT2D eigenvalue weighted by Gasteiger charge is 2.24. The lowest BCUT2D eigenvalue weighted by Crippen LogP contribution is -2.50. The molecule has 1 aliphatic rings. The molecule has 0 aromatic heterocycles. The number of ether oxygens (including phenoxy) is 1. The van der Waals surface area contributed by atoms with Gasteiger partial charge in [0, 0.05) is 50.8 Å². The van der Waals surface area contributed by atoms with E-state index in [1.807, 2.05) is 36.1 Å². The number of hydrogen-bond donors (Lipinski definition) is 1. The molecule has 3 rings (SSSR count). The summed E-state index contributed by atoms with van der Waals surface area (Å²) in [4.78, 5) is 40.0. The summed E-state index contributed by atoms with van der Waals surface area (Å²) in [7, 11) is 0. The van der Waals surface area contributed by atoms with Crippen molar-refractivity contribution in [3.8, 4) is 5.75 Å². The third kappa shape index (κ3) is 6.57. The number of piperazine rings is 1. The number of amides is 3. The van der Waals surface area contributed by atoms with Gasteiger partial charge >= 0.3 is 0 Å². The van der Waals surface area contributed by atoms with Crippen molar-refractivity contribution in [2.75, 3.05) is 38.1 Å². The second kappa shape index (κ2) is 10.6. The van der Waals surface area contributed by atoms with Crippen molar-refractivity contribution in [1.29, 1.82) is 0 Å². The number of nitrogens with zero attached hydrogens (tertiary/aromatic N) is 2. The number of nitrogens with one attached hydrogen (secondary N) is 1. The predicted molar refractivity (Wildman–Crippen MR) is 119 cm³/mol. The Kier molecular flexibility index (Phi) is 7.65. The van der Waals surface area contributed by atoms with Crippen LogP contribution in [0.2, 0.25) is 0 Å². The van der Waals surface area contributed by atoms with Gasteiger partial charge in [-0.3, -0.25) is 14.4 Å². The minimum Gasteiger partial charge on any atom is -0.494 e. The number of hydrogen-bond acceptors (Lipinski definition) is 4. The molecule has 0 bridgehead atoms. The molecule has 0 spiro atoms. The van der Waals surface area contributed by atoms with E-state index >= 15 is 0 Å². The zero-order valence-corrected chi connectivity index (χ0v) is 18.1. The fourth-order valence-corrected chi connectivity index (χ4v) is 3.48. The van der Waals surface area contributed by atoms with Crippen LogP contribution in [0, 0.1) is 6.92 Å². The summed E-state index contributed by atoms with van der Waals surface area (Å²) >= 11 is 0. The molecule has 1 N–H and O–H groups in total. The van der Waals surface area contributed by atoms with Gasteiger partial charge in [-0.25, -0.2) is 0 Å². The van der Waals surface area contributed by atoms with Crippen LogP contribution in [0.15, 0.2) is 48.5 Å². The van der Waals surface area contributed by atoms with Crippen molar-refractivity contribution in [3.05, 3.63) is 59.7 Å². The largest absolute Gasteiger partial charge is 0.494 e. The first-order chi connectivity index (χ1) is 14.9. The summed E-state index contributed by atoms with van der Waals surface area (Å²) in [5, 5.41) is 2.69. The van der Waals surface area contributed by atoms with Crippen LogP contribution in [-0.4, -0.2) is 60.3 Å². The van der Waals surface area contributed by atoms with Crippen LogP contribution in [0.1, 0.15) is 35.7 Å². The van der Waals surface area contributed by atoms with Gasteiger partial charge in [0.1, 0.15) is 5.75 Å². The molecule has 1 saturated heterocycles. The normalized spacial score (nSPS) is 13.6. The monoisotopic (exact) mass is 423 g/mol. The van der Waals surface area contributed by atoms with Crippen molar-refractivity contribution >= 4 is 23.4 Å². The van der Waals surface area contributed by atoms with Crippen molar-refractivity contribution in [2.24, 2.45) is 0 Å². The van der Waals surface area contributed by atoms with Crippen molar-refractivity contribution in [1.82, 2.24) is 9.80 Å². The number of aryl methyl sites for hydroxylation is 1. The molecule has 2 aromatic rings. The molecule has 1 heterocycles. The van der Waals surface area contributed by atoms with E-state index in [2.05, 4.69) is 5.32 Å². The molecular weight excluding hydrogens is 394 g/mol. The maximum Gasteiger partial charge on any atom is 0.254 e. The van der Waals surface area contributed by atoms with E-state index in [0.29, 0.717) is 56.9 Å². The second-order valence-electron chi connectivity index (χ2n) is 7.70. The van der Waals surface area contributed by atoms with Gasteiger partial charge in [-0.1, -0.05) is 23.8 Å². The van der Waals surface area contributed by atoms with Crippen LogP contribution in [0.3, 0.4) is 0 Å². The first-order valence-electron chi connectivity index (χ1n) is 10.6. The third-order valence-corrected chi connectivity index (χ3v) is 5.17. The molecule has 0 radical (unpaired) electrons. The summed E-state index contributed by atoms with van der Waals surface area (Å²) in [6.45, 7) is 5.99. The maximum absolute atomic E-state index is 12.8. The predicted octanol–water partition coefficient (Wildman–Crippen LogP) is 3.10. The molecule has 31 heavy (non-hydrogen) atoms. The zero-order valence-electron chi connectivity index (χ0n) is 18.1. The fraction of sp³-hybridized carbons (Fsp3) is 0.375. The minimum atomic E-state index is -0.180. The molecule has 164 valence electrons. The molecule has 1 aliphatic heterocycles. The Morgan fingerprint density at radius 1 is 0.968 bits per heavy atom. The van der Waals surface area contributed by atoms with Crippen LogP contribution < -0.4 is 10.1 Å². The van der Waals surface area contributed by atoms with E-state index in [0.717, 1.165) is 5.75 Å². The second-order valence-corrected chi connectivity index (χ2v) is 7.70. The Labute approximate surface area is 183 Å². The first-order valence-corrected chi connectivity index (χ1v) is 10.6. The number of benzene rings is 2. The number of carbonyl (C=O) groups excluding carboxylic acids is 3. The molecule has 0 aliphatic carbocycles. The lowest BCUT2D eigenvalue weighted by molar-refractivity contribution is -0.132. The highest BCUT2D eigenvalue weighted by molar-refractivity contribution is 5.97. The Morgan fingerprint density at radius 3 is 2.32 bits per heavy atom. The van der Waals surface area contributed by atoms with Gasteiger partial charge in [0.05, 0.1) is 6.61 Å². The minimum absolute atomic E-state index is 0.0901. The molecule has 7 heteroatoms. The van der Waals surface area contributed by atoms with Gasteiger partial charge < -0.3 is 19.9 Å². The number of rotatable bonds is 7. The Hall–Kier alpha value is -3.35. The summed E-state index contributed by atoms with van der Waals surface area (Å²) in [5.74, 6) is 0.631. The van der Waals surface area contributed by atoms with Crippen LogP contribution in [0.25, 0.3) is 0 Å². The van der Waals surface area contributed by atoms with Crippen LogP contribution in [0.5, 0.6) is 5.75 Å². The van der Waals surface area contributed by atoms with E-state index in [-0.39, 0.29) is 17.7 Å². The third-order valence-electron chi connectivity index (χ3n) is 5.17. The SMILES string of the molecule is CC(=O)Nc1cccc(C(=O)N2CCN(C(=O)CCCOc3ccc(C)cc3)CC2)c1. The molecule has 2 aromatic carbocycles. The fourth-order valence-electron chi connectivity index (χ4n) is 3.48. The smallest absolute Gasteiger partial charge is 0.254 e. The van der Waals surface area contributed by atoms with Gasteiger partial charge in [0.2, 0.25) is 11.8 Å². The van der Waals surface area contributed by atoms with Crippen molar-refractivity contribution in [2.45, 2.75) is 26.7 Å². The van der Waals surface area contributed by atoms with Gasteiger partial charge in [0.15, 0.2) is 0 Å². The average Bonchev–Trinajstić information content (AvgIpc) is 2.77. The lowest BCUT2D eigenvalue weighted by atomic mass is 10.1. The average molecular weight is 424 g/mol. The lowest BCUT2D eigenvalue weighted by Gasteiger charge is -2.35. The zero-order chi connectivity index (χ0) is 22.2. The molecule has 0 saturated carbocycles. The highest BCUT2D eigenvalue weighted by atomic mass is 16.5. The topological polar surface area (TPSA) is 79.0 Å². The summed E-state index contributed by atoms with van der Waals surface area (Å²) < 4.78 is 5.68. The van der Waals surface area contributed by atoms with E-state index in [1.54, 1.807) is 29.2 Å². The standard InChI is InChI=1S/C24H29N3O4/c1-18-8-10-22(11-9-18)31-16-4-7-23(29)26-12-14-27(15-13-26)24(30)20-5-3-6-21(17-20)25-19(2)28/h3,5-6,8-11,17H,4,7,12-16H2,1-2H3,(H,25,28). The maximum atomic E-state index is 12.8. The first kappa shape index (κ1) is 22.3. The highest BCUT2D eigenvalue weighted by Crippen LogP contribution is 2.15. The Bertz CT molecular complexity index is 919. The van der Waals surface area contributed by atoms with Crippen LogP contribution in [-0.2, 0) is 9.59 Å². The molecule has 1 fully saturated rings. The van der Waals surface area contributed by atoms with Crippen LogP contribution >= 0.6 is 0 Å². The Balaban J connectivity index is 1.41. The summed E-state index contributed by atoms with van der Waals surface area (Å²) in [6, 6.07) is 14.8. The molecule has 0 atom stereocenters. The quantitative estimate of drug-likeness (QED) is 0.694. The Morgan fingerprint density at radius 2 is 1.65 bits per heavy atom. The molecule has 3 amide bonds. The van der Waals surface area contributed by atoms with Gasteiger partial charge in [-0.05, 0) is 43.7 Å².